The van der Waals surface area contributed by atoms with Gasteiger partial charge >= 0.3 is 5.97 Å². The minimum Gasteiger partial charge on any atom is -0.466 e. The third-order valence-electron chi connectivity index (χ3n) is 5.64. The number of esters is 1. The molecule has 0 amide bonds. The molecule has 0 spiro atoms. The molecule has 1 heterocycles. The highest BCUT2D eigenvalue weighted by molar-refractivity contribution is 14.0. The topological polar surface area (TPSA) is 63.2 Å². The molecule has 0 aromatic heterocycles. The monoisotopic (exact) mass is 509 g/mol. The highest BCUT2D eigenvalue weighted by Gasteiger charge is 2.27. The molecule has 7 heteroatoms. The lowest BCUT2D eigenvalue weighted by Crippen LogP contribution is -2.47. The molecule has 1 N–H and O–H groups in total. The molecule has 2 fully saturated rings. The van der Waals surface area contributed by atoms with Gasteiger partial charge in [0.1, 0.15) is 0 Å². The van der Waals surface area contributed by atoms with E-state index in [1.54, 1.807) is 0 Å². The Labute approximate surface area is 188 Å². The Morgan fingerprint density at radius 1 is 1.07 bits per heavy atom. The Hall–Kier alpha value is -0.570. The van der Waals surface area contributed by atoms with Crippen molar-refractivity contribution >= 4 is 35.9 Å². The van der Waals surface area contributed by atoms with Crippen molar-refractivity contribution < 1.29 is 14.3 Å². The zero-order valence-electron chi connectivity index (χ0n) is 17.8. The predicted molar refractivity (Wildman–Crippen MR) is 124 cm³/mol. The third kappa shape index (κ3) is 9.29. The fourth-order valence-electron chi connectivity index (χ4n) is 4.01. The number of nitrogens with zero attached hydrogens (tertiary/aromatic N) is 2. The average molecular weight is 509 g/mol. The van der Waals surface area contributed by atoms with Crippen LogP contribution in [0.4, 0.5) is 0 Å². The minimum absolute atomic E-state index is 0. The summed E-state index contributed by atoms with van der Waals surface area (Å²) in [5.41, 5.74) is 0. The van der Waals surface area contributed by atoms with Gasteiger partial charge in [0.25, 0.3) is 0 Å². The van der Waals surface area contributed by atoms with Crippen molar-refractivity contribution in [3.8, 4) is 0 Å². The van der Waals surface area contributed by atoms with Crippen LogP contribution >= 0.6 is 24.0 Å². The number of hydrogen-bond acceptors (Lipinski definition) is 4. The summed E-state index contributed by atoms with van der Waals surface area (Å²) in [6, 6.07) is 0. The quantitative estimate of drug-likeness (QED) is 0.134. The number of aliphatic imine (C=N–C) groups is 1. The van der Waals surface area contributed by atoms with Crippen LogP contribution in [0.3, 0.4) is 0 Å². The van der Waals surface area contributed by atoms with Crippen LogP contribution in [0.25, 0.3) is 0 Å². The van der Waals surface area contributed by atoms with E-state index in [0.29, 0.717) is 12.7 Å². The van der Waals surface area contributed by atoms with Crippen LogP contribution in [0.2, 0.25) is 0 Å². The van der Waals surface area contributed by atoms with Gasteiger partial charge in [0, 0.05) is 33.3 Å². The van der Waals surface area contributed by atoms with E-state index >= 15 is 0 Å². The first-order valence-electron chi connectivity index (χ1n) is 11.0. The molecule has 0 aromatic carbocycles. The second kappa shape index (κ2) is 15.3. The lowest BCUT2D eigenvalue weighted by molar-refractivity contribution is -0.149. The lowest BCUT2D eigenvalue weighted by Gasteiger charge is -2.33. The van der Waals surface area contributed by atoms with Crippen molar-refractivity contribution in [2.45, 2.75) is 77.2 Å². The van der Waals surface area contributed by atoms with Crippen molar-refractivity contribution in [3.05, 3.63) is 0 Å². The summed E-state index contributed by atoms with van der Waals surface area (Å²) < 4.78 is 11.2. The molecule has 0 unspecified atom stereocenters. The number of ether oxygens (including phenoxy) is 2. The van der Waals surface area contributed by atoms with Gasteiger partial charge in [-0.25, -0.2) is 0 Å². The molecule has 0 atom stereocenters. The molecular formula is C21H40IN3O3. The van der Waals surface area contributed by atoms with Crippen LogP contribution < -0.4 is 5.32 Å². The van der Waals surface area contributed by atoms with Gasteiger partial charge < -0.3 is 19.7 Å². The first kappa shape index (κ1) is 25.5. The van der Waals surface area contributed by atoms with Crippen molar-refractivity contribution in [2.24, 2.45) is 10.9 Å². The van der Waals surface area contributed by atoms with Gasteiger partial charge in [0.2, 0.25) is 0 Å². The number of carbonyl (C=O) groups excluding carboxylic acids is 1. The summed E-state index contributed by atoms with van der Waals surface area (Å²) in [5, 5.41) is 3.46. The number of nitrogens with one attached hydrogen (secondary N) is 1. The van der Waals surface area contributed by atoms with E-state index in [0.717, 1.165) is 57.9 Å². The number of halogens is 1. The zero-order chi connectivity index (χ0) is 19.3. The standard InChI is InChI=1S/C21H39N3O3.HI/c1-3-26-20(25)18-12-15-24(16-13-18)21(22-2)23-14-8-9-17-27-19-10-6-4-5-7-11-19;/h18-19H,3-17H2,1-2H3,(H,22,23);1H. The van der Waals surface area contributed by atoms with E-state index < -0.39 is 0 Å². The fraction of sp³-hybridized carbons (Fsp3) is 0.905. The van der Waals surface area contributed by atoms with E-state index in [1.165, 1.54) is 38.5 Å². The zero-order valence-corrected chi connectivity index (χ0v) is 20.1. The number of likely N-dealkylation sites (tertiary alicyclic amines) is 1. The van der Waals surface area contributed by atoms with Gasteiger partial charge in [-0.2, -0.15) is 0 Å². The number of carbonyl (C=O) groups is 1. The maximum atomic E-state index is 11.9. The molecule has 0 radical (unpaired) electrons. The van der Waals surface area contributed by atoms with Crippen molar-refractivity contribution in [1.82, 2.24) is 10.2 Å². The summed E-state index contributed by atoms with van der Waals surface area (Å²) >= 11 is 0. The number of hydrogen-bond donors (Lipinski definition) is 1. The van der Waals surface area contributed by atoms with E-state index in [2.05, 4.69) is 15.2 Å². The third-order valence-corrected chi connectivity index (χ3v) is 5.64. The van der Waals surface area contributed by atoms with Gasteiger partial charge in [-0.05, 0) is 45.4 Å². The molecule has 0 aromatic rings. The molecule has 6 nitrogen and oxygen atoms in total. The number of guanidine groups is 1. The first-order valence-corrected chi connectivity index (χ1v) is 11.0. The molecule has 1 aliphatic heterocycles. The molecule has 0 bridgehead atoms. The van der Waals surface area contributed by atoms with Crippen LogP contribution in [0.15, 0.2) is 4.99 Å². The Bertz CT molecular complexity index is 446. The number of piperidine rings is 1. The Balaban J connectivity index is 0.00000392. The van der Waals surface area contributed by atoms with Gasteiger partial charge in [-0.1, -0.05) is 25.7 Å². The molecule has 28 heavy (non-hydrogen) atoms. The Kier molecular flexibility index (Phi) is 13.9. The van der Waals surface area contributed by atoms with Gasteiger partial charge in [0.05, 0.1) is 18.6 Å². The lowest BCUT2D eigenvalue weighted by atomic mass is 9.97. The fourth-order valence-corrected chi connectivity index (χ4v) is 4.01. The number of unbranched alkanes of at least 4 members (excludes halogenated alkanes) is 1. The molecule has 2 rings (SSSR count). The maximum Gasteiger partial charge on any atom is 0.309 e. The summed E-state index contributed by atoms with van der Waals surface area (Å²) in [5.74, 6) is 0.941. The van der Waals surface area contributed by atoms with E-state index in [-0.39, 0.29) is 35.9 Å². The van der Waals surface area contributed by atoms with E-state index in [9.17, 15) is 4.79 Å². The Morgan fingerprint density at radius 3 is 2.36 bits per heavy atom. The summed E-state index contributed by atoms with van der Waals surface area (Å²) in [6.45, 7) is 5.82. The van der Waals surface area contributed by atoms with Gasteiger partial charge in [-0.15, -0.1) is 24.0 Å². The SMILES string of the molecule is CCOC(=O)C1CCN(C(=NC)NCCCCOC2CCCCCC2)CC1.I. The highest BCUT2D eigenvalue weighted by atomic mass is 127. The average Bonchev–Trinajstić information content (AvgIpc) is 2.97. The van der Waals surface area contributed by atoms with Crippen LogP contribution in [-0.4, -0.2) is 62.8 Å². The van der Waals surface area contributed by atoms with Crippen molar-refractivity contribution in [3.63, 3.8) is 0 Å². The van der Waals surface area contributed by atoms with E-state index in [4.69, 9.17) is 9.47 Å². The van der Waals surface area contributed by atoms with Crippen LogP contribution in [0.1, 0.15) is 71.1 Å². The number of rotatable bonds is 8. The van der Waals surface area contributed by atoms with Gasteiger partial charge in [-0.3, -0.25) is 9.79 Å². The van der Waals surface area contributed by atoms with Crippen LogP contribution in [0, 0.1) is 5.92 Å². The summed E-state index contributed by atoms with van der Waals surface area (Å²) in [7, 11) is 1.83. The van der Waals surface area contributed by atoms with Crippen molar-refractivity contribution in [1.29, 1.82) is 0 Å². The molecule has 1 saturated heterocycles. The largest absolute Gasteiger partial charge is 0.466 e. The first-order chi connectivity index (χ1) is 13.2. The maximum absolute atomic E-state index is 11.9. The normalized spacial score (nSPS) is 19.6. The predicted octanol–water partition coefficient (Wildman–Crippen LogP) is 3.97. The van der Waals surface area contributed by atoms with Crippen molar-refractivity contribution in [2.75, 3.05) is 39.9 Å². The molecule has 1 aliphatic carbocycles. The van der Waals surface area contributed by atoms with E-state index in [1.807, 2.05) is 14.0 Å². The second-order valence-corrected chi connectivity index (χ2v) is 7.68. The summed E-state index contributed by atoms with van der Waals surface area (Å²) in [6.07, 6.45) is 12.2. The molecule has 164 valence electrons. The van der Waals surface area contributed by atoms with Crippen LogP contribution in [-0.2, 0) is 14.3 Å². The molecular weight excluding hydrogens is 469 g/mol. The molecule has 1 saturated carbocycles. The second-order valence-electron chi connectivity index (χ2n) is 7.68. The smallest absolute Gasteiger partial charge is 0.309 e. The molecule has 2 aliphatic rings. The Morgan fingerprint density at radius 2 is 1.75 bits per heavy atom. The minimum atomic E-state index is -0.0474. The van der Waals surface area contributed by atoms with Crippen LogP contribution in [0.5, 0.6) is 0 Å². The van der Waals surface area contributed by atoms with Gasteiger partial charge in [0.15, 0.2) is 5.96 Å². The highest BCUT2D eigenvalue weighted by Crippen LogP contribution is 2.20. The summed E-state index contributed by atoms with van der Waals surface area (Å²) in [4.78, 5) is 18.5.